The molecule has 4 rings (SSSR count). The zero-order valence-electron chi connectivity index (χ0n) is 17.8. The number of aryl methyl sites for hydroxylation is 3. The largest absolute Gasteiger partial charge is 0.335 e. The van der Waals surface area contributed by atoms with Gasteiger partial charge in [-0.15, -0.1) is 0 Å². The van der Waals surface area contributed by atoms with E-state index in [4.69, 9.17) is 0 Å². The molecule has 1 saturated heterocycles. The van der Waals surface area contributed by atoms with Crippen molar-refractivity contribution in [3.8, 4) is 5.69 Å². The molecule has 0 atom stereocenters. The lowest BCUT2D eigenvalue weighted by molar-refractivity contribution is -0.122. The van der Waals surface area contributed by atoms with E-state index < -0.39 is 17.8 Å². The summed E-state index contributed by atoms with van der Waals surface area (Å²) >= 11 is 0. The van der Waals surface area contributed by atoms with Crippen molar-refractivity contribution in [3.05, 3.63) is 82.4 Å². The van der Waals surface area contributed by atoms with Crippen LogP contribution in [0, 0.1) is 27.7 Å². The fourth-order valence-corrected chi connectivity index (χ4v) is 3.73. The van der Waals surface area contributed by atoms with Crippen LogP contribution in [0.1, 0.15) is 28.1 Å². The summed E-state index contributed by atoms with van der Waals surface area (Å²) in [5.74, 6) is -1.36. The number of carbonyl (C=O) groups excluding carboxylic acids is 3. The van der Waals surface area contributed by atoms with Crippen LogP contribution in [0.4, 0.5) is 10.5 Å². The van der Waals surface area contributed by atoms with Crippen molar-refractivity contribution in [1.82, 2.24) is 14.9 Å². The maximum absolute atomic E-state index is 13.2. The van der Waals surface area contributed by atoms with E-state index in [2.05, 4.69) is 10.3 Å². The number of hydrogen-bond acceptors (Lipinski definition) is 4. The summed E-state index contributed by atoms with van der Waals surface area (Å²) in [6.07, 6.45) is 4.98. The maximum atomic E-state index is 13.2. The molecular formula is C24H22N4O3. The molecule has 3 aromatic rings. The number of urea groups is 1. The van der Waals surface area contributed by atoms with E-state index in [0.717, 1.165) is 33.1 Å². The number of benzene rings is 1. The van der Waals surface area contributed by atoms with Crippen LogP contribution in [-0.4, -0.2) is 27.4 Å². The minimum atomic E-state index is -0.753. The van der Waals surface area contributed by atoms with Gasteiger partial charge in [-0.25, -0.2) is 9.69 Å². The molecule has 1 N–H and O–H groups in total. The van der Waals surface area contributed by atoms with Crippen LogP contribution in [-0.2, 0) is 9.59 Å². The van der Waals surface area contributed by atoms with Gasteiger partial charge < -0.3 is 4.57 Å². The third-order valence-electron chi connectivity index (χ3n) is 5.52. The number of barbiturate groups is 1. The van der Waals surface area contributed by atoms with Gasteiger partial charge in [0.05, 0.1) is 17.6 Å². The Labute approximate surface area is 180 Å². The highest BCUT2D eigenvalue weighted by atomic mass is 16.2. The molecule has 1 fully saturated rings. The Hall–Kier alpha value is -4.00. The molecule has 31 heavy (non-hydrogen) atoms. The number of nitrogens with one attached hydrogen (secondary N) is 1. The van der Waals surface area contributed by atoms with E-state index in [9.17, 15) is 14.4 Å². The average molecular weight is 414 g/mol. The molecule has 1 aromatic carbocycles. The Balaban J connectivity index is 1.77. The number of anilines is 1. The van der Waals surface area contributed by atoms with Crippen molar-refractivity contribution in [1.29, 1.82) is 0 Å². The Morgan fingerprint density at radius 1 is 0.935 bits per heavy atom. The summed E-state index contributed by atoms with van der Waals surface area (Å²) in [5, 5.41) is 2.28. The Bertz CT molecular complexity index is 1260. The van der Waals surface area contributed by atoms with Gasteiger partial charge in [0.2, 0.25) is 0 Å². The van der Waals surface area contributed by atoms with Gasteiger partial charge in [-0.1, -0.05) is 6.07 Å². The van der Waals surface area contributed by atoms with Crippen LogP contribution in [0.15, 0.2) is 54.4 Å². The summed E-state index contributed by atoms with van der Waals surface area (Å²) in [6.45, 7) is 7.70. The highest BCUT2D eigenvalue weighted by Crippen LogP contribution is 2.26. The number of carbonyl (C=O) groups is 3. The third-order valence-corrected chi connectivity index (χ3v) is 5.52. The van der Waals surface area contributed by atoms with Crippen molar-refractivity contribution < 1.29 is 14.4 Å². The third kappa shape index (κ3) is 3.54. The molecule has 2 aromatic heterocycles. The molecule has 3 heterocycles. The second-order valence-corrected chi connectivity index (χ2v) is 7.60. The lowest BCUT2D eigenvalue weighted by Crippen LogP contribution is -2.54. The topological polar surface area (TPSA) is 84.3 Å². The number of rotatable bonds is 3. The molecule has 156 valence electrons. The van der Waals surface area contributed by atoms with Gasteiger partial charge in [-0.05, 0) is 80.8 Å². The monoisotopic (exact) mass is 414 g/mol. The van der Waals surface area contributed by atoms with Crippen molar-refractivity contribution >= 4 is 29.6 Å². The zero-order valence-corrected chi connectivity index (χ0v) is 17.8. The molecule has 0 spiro atoms. The lowest BCUT2D eigenvalue weighted by Gasteiger charge is -2.26. The standard InChI is InChI=1S/C24H22N4O3/c1-14-7-8-19(10-15(14)2)28-23(30)21(22(29)26-24(28)31)12-18-11-16(3)27(17(18)4)20-6-5-9-25-13-20/h5-13H,1-4H3,(H,26,29,31)/b21-12+. The van der Waals surface area contributed by atoms with Gasteiger partial charge in [0.1, 0.15) is 5.57 Å². The van der Waals surface area contributed by atoms with E-state index in [0.29, 0.717) is 11.3 Å². The molecule has 0 aliphatic carbocycles. The van der Waals surface area contributed by atoms with Crippen LogP contribution < -0.4 is 10.2 Å². The van der Waals surface area contributed by atoms with Crippen molar-refractivity contribution in [2.24, 2.45) is 0 Å². The average Bonchev–Trinajstić information content (AvgIpc) is 3.01. The molecule has 0 saturated carbocycles. The summed E-state index contributed by atoms with van der Waals surface area (Å²) in [4.78, 5) is 43.3. The first-order valence-electron chi connectivity index (χ1n) is 9.86. The van der Waals surface area contributed by atoms with Crippen molar-refractivity contribution in [2.45, 2.75) is 27.7 Å². The molecule has 7 nitrogen and oxygen atoms in total. The van der Waals surface area contributed by atoms with Gasteiger partial charge in [-0.3, -0.25) is 19.9 Å². The fraction of sp³-hybridized carbons (Fsp3) is 0.167. The summed E-state index contributed by atoms with van der Waals surface area (Å²) < 4.78 is 2.00. The Morgan fingerprint density at radius 2 is 1.71 bits per heavy atom. The summed E-state index contributed by atoms with van der Waals surface area (Å²) in [7, 11) is 0. The summed E-state index contributed by atoms with van der Waals surface area (Å²) in [5.41, 5.74) is 5.71. The second-order valence-electron chi connectivity index (χ2n) is 7.60. The van der Waals surface area contributed by atoms with Crippen molar-refractivity contribution in [3.63, 3.8) is 0 Å². The van der Waals surface area contributed by atoms with E-state index in [-0.39, 0.29) is 5.57 Å². The second kappa shape index (κ2) is 7.68. The molecule has 4 amide bonds. The van der Waals surface area contributed by atoms with Crippen LogP contribution in [0.25, 0.3) is 11.8 Å². The van der Waals surface area contributed by atoms with Crippen LogP contribution in [0.5, 0.6) is 0 Å². The van der Waals surface area contributed by atoms with E-state index in [1.54, 1.807) is 24.5 Å². The van der Waals surface area contributed by atoms with Gasteiger partial charge in [-0.2, -0.15) is 0 Å². The molecule has 0 radical (unpaired) electrons. The van der Waals surface area contributed by atoms with E-state index >= 15 is 0 Å². The van der Waals surface area contributed by atoms with Gasteiger partial charge in [0.15, 0.2) is 0 Å². The van der Waals surface area contributed by atoms with Gasteiger partial charge in [0.25, 0.3) is 11.8 Å². The number of nitrogens with zero attached hydrogens (tertiary/aromatic N) is 3. The van der Waals surface area contributed by atoms with Crippen LogP contribution in [0.2, 0.25) is 0 Å². The molecular weight excluding hydrogens is 392 g/mol. The van der Waals surface area contributed by atoms with Gasteiger partial charge >= 0.3 is 6.03 Å². The first-order chi connectivity index (χ1) is 14.8. The summed E-state index contributed by atoms with van der Waals surface area (Å²) in [6, 6.07) is 10.2. The predicted octanol–water partition coefficient (Wildman–Crippen LogP) is 3.77. The highest BCUT2D eigenvalue weighted by Gasteiger charge is 2.37. The predicted molar refractivity (Wildman–Crippen MR) is 118 cm³/mol. The smallest absolute Gasteiger partial charge is 0.316 e. The van der Waals surface area contributed by atoms with Crippen LogP contribution >= 0.6 is 0 Å². The molecule has 0 unspecified atom stereocenters. The van der Waals surface area contributed by atoms with Crippen LogP contribution in [0.3, 0.4) is 0 Å². The quantitative estimate of drug-likeness (QED) is 0.522. The SMILES string of the molecule is Cc1ccc(N2C(=O)NC(=O)/C(=C\c3cc(C)n(-c4cccnc4)c3C)C2=O)cc1C. The molecule has 0 bridgehead atoms. The highest BCUT2D eigenvalue weighted by molar-refractivity contribution is 6.39. The number of hydrogen-bond donors (Lipinski definition) is 1. The van der Waals surface area contributed by atoms with Crippen molar-refractivity contribution in [2.75, 3.05) is 4.90 Å². The first kappa shape index (κ1) is 20.3. The van der Waals surface area contributed by atoms with Gasteiger partial charge in [0, 0.05) is 17.6 Å². The number of amides is 4. The maximum Gasteiger partial charge on any atom is 0.335 e. The number of imide groups is 2. The minimum Gasteiger partial charge on any atom is -0.316 e. The zero-order chi connectivity index (χ0) is 22.3. The molecule has 1 aliphatic rings. The lowest BCUT2D eigenvalue weighted by atomic mass is 10.1. The Morgan fingerprint density at radius 3 is 2.39 bits per heavy atom. The van der Waals surface area contributed by atoms with E-state index in [1.807, 2.05) is 56.5 Å². The van der Waals surface area contributed by atoms with E-state index in [1.165, 1.54) is 6.08 Å². The Kier molecular flexibility index (Phi) is 5.02. The first-order valence-corrected chi connectivity index (χ1v) is 9.86. The fourth-order valence-electron chi connectivity index (χ4n) is 3.73. The molecule has 1 aliphatic heterocycles. The normalized spacial score (nSPS) is 15.5. The number of aromatic nitrogens is 2. The minimum absolute atomic E-state index is 0.0933. The number of pyridine rings is 1. The molecule has 7 heteroatoms.